The van der Waals surface area contributed by atoms with Crippen LogP contribution in [0.2, 0.25) is 0 Å². The van der Waals surface area contributed by atoms with E-state index in [0.717, 1.165) is 12.5 Å². The standard InChI is InChI=1S/C14H22N2/c1-3-15-13(7-6-12-4-5-12)14-10-11(2)8-9-16-14/h8-10,12-13,15H,3-7H2,1-2H3. The number of nitrogens with one attached hydrogen (secondary N) is 1. The summed E-state index contributed by atoms with van der Waals surface area (Å²) >= 11 is 0. The Balaban J connectivity index is 1.98. The molecule has 1 aromatic heterocycles. The van der Waals surface area contributed by atoms with Gasteiger partial charge in [-0.15, -0.1) is 0 Å². The molecule has 0 spiro atoms. The highest BCUT2D eigenvalue weighted by Crippen LogP contribution is 2.35. The van der Waals surface area contributed by atoms with Crippen molar-refractivity contribution in [1.82, 2.24) is 10.3 Å². The highest BCUT2D eigenvalue weighted by molar-refractivity contribution is 5.17. The van der Waals surface area contributed by atoms with Crippen LogP contribution in [-0.2, 0) is 0 Å². The molecule has 0 bridgehead atoms. The molecule has 1 saturated carbocycles. The summed E-state index contributed by atoms with van der Waals surface area (Å²) in [5.41, 5.74) is 2.52. The third-order valence-corrected chi connectivity index (χ3v) is 3.30. The number of nitrogens with zero attached hydrogens (tertiary/aromatic N) is 1. The molecule has 1 aliphatic carbocycles. The zero-order valence-corrected chi connectivity index (χ0v) is 10.4. The van der Waals surface area contributed by atoms with Crippen molar-refractivity contribution >= 4 is 0 Å². The van der Waals surface area contributed by atoms with Crippen LogP contribution in [0.4, 0.5) is 0 Å². The number of pyridine rings is 1. The first-order valence-corrected chi connectivity index (χ1v) is 6.45. The van der Waals surface area contributed by atoms with Crippen LogP contribution in [0, 0.1) is 12.8 Å². The number of hydrogen-bond donors (Lipinski definition) is 1. The summed E-state index contributed by atoms with van der Waals surface area (Å²) < 4.78 is 0. The van der Waals surface area contributed by atoms with E-state index >= 15 is 0 Å². The summed E-state index contributed by atoms with van der Waals surface area (Å²) in [7, 11) is 0. The molecule has 1 unspecified atom stereocenters. The van der Waals surface area contributed by atoms with Gasteiger partial charge in [0.15, 0.2) is 0 Å². The molecule has 1 aromatic rings. The van der Waals surface area contributed by atoms with Crippen LogP contribution in [-0.4, -0.2) is 11.5 Å². The highest BCUT2D eigenvalue weighted by atomic mass is 14.9. The first-order chi connectivity index (χ1) is 7.79. The molecule has 2 nitrogen and oxygen atoms in total. The smallest absolute Gasteiger partial charge is 0.0575 e. The quantitative estimate of drug-likeness (QED) is 0.793. The van der Waals surface area contributed by atoms with Gasteiger partial charge in [0.1, 0.15) is 0 Å². The molecule has 2 rings (SSSR count). The molecule has 16 heavy (non-hydrogen) atoms. The van der Waals surface area contributed by atoms with Crippen LogP contribution < -0.4 is 5.32 Å². The third-order valence-electron chi connectivity index (χ3n) is 3.30. The molecule has 1 atom stereocenters. The van der Waals surface area contributed by atoms with E-state index in [4.69, 9.17) is 0 Å². The molecule has 1 heterocycles. The van der Waals surface area contributed by atoms with Crippen LogP contribution in [0.1, 0.15) is 49.9 Å². The molecule has 0 radical (unpaired) electrons. The summed E-state index contributed by atoms with van der Waals surface area (Å²) in [5.74, 6) is 1.01. The van der Waals surface area contributed by atoms with Gasteiger partial charge in [0, 0.05) is 12.2 Å². The van der Waals surface area contributed by atoms with Crippen LogP contribution in [0.25, 0.3) is 0 Å². The third kappa shape index (κ3) is 3.31. The molecule has 0 aromatic carbocycles. The molecule has 0 saturated heterocycles. The number of aromatic nitrogens is 1. The molecule has 88 valence electrons. The van der Waals surface area contributed by atoms with E-state index < -0.39 is 0 Å². The fourth-order valence-electron chi connectivity index (χ4n) is 2.16. The lowest BCUT2D eigenvalue weighted by Gasteiger charge is -2.17. The lowest BCUT2D eigenvalue weighted by atomic mass is 10.0. The largest absolute Gasteiger partial charge is 0.309 e. The highest BCUT2D eigenvalue weighted by Gasteiger charge is 2.23. The maximum atomic E-state index is 4.49. The minimum Gasteiger partial charge on any atom is -0.309 e. The minimum absolute atomic E-state index is 0.450. The van der Waals surface area contributed by atoms with Crippen LogP contribution >= 0.6 is 0 Å². The van der Waals surface area contributed by atoms with E-state index in [2.05, 4.69) is 36.3 Å². The number of hydrogen-bond acceptors (Lipinski definition) is 2. The fraction of sp³-hybridized carbons (Fsp3) is 0.643. The van der Waals surface area contributed by atoms with Gasteiger partial charge >= 0.3 is 0 Å². The van der Waals surface area contributed by atoms with Crippen molar-refractivity contribution in [2.45, 2.75) is 45.6 Å². The number of rotatable bonds is 6. The monoisotopic (exact) mass is 218 g/mol. The predicted molar refractivity (Wildman–Crippen MR) is 67.3 cm³/mol. The Labute approximate surface area is 98.5 Å². The van der Waals surface area contributed by atoms with Gasteiger partial charge in [-0.2, -0.15) is 0 Å². The summed E-state index contributed by atoms with van der Waals surface area (Å²) in [6.07, 6.45) is 7.40. The second-order valence-electron chi connectivity index (χ2n) is 4.89. The van der Waals surface area contributed by atoms with Gasteiger partial charge in [0.25, 0.3) is 0 Å². The minimum atomic E-state index is 0.450. The molecule has 1 aliphatic rings. The van der Waals surface area contributed by atoms with Gasteiger partial charge in [0.2, 0.25) is 0 Å². The lowest BCUT2D eigenvalue weighted by Crippen LogP contribution is -2.22. The molecule has 1 fully saturated rings. The Kier molecular flexibility index (Phi) is 3.94. The first kappa shape index (κ1) is 11.6. The van der Waals surface area contributed by atoms with Crippen molar-refractivity contribution in [3.05, 3.63) is 29.6 Å². The van der Waals surface area contributed by atoms with E-state index in [0.29, 0.717) is 6.04 Å². The van der Waals surface area contributed by atoms with Crippen molar-refractivity contribution in [1.29, 1.82) is 0 Å². The second kappa shape index (κ2) is 5.44. The van der Waals surface area contributed by atoms with Crippen LogP contribution in [0.5, 0.6) is 0 Å². The summed E-state index contributed by atoms with van der Waals surface area (Å²) in [4.78, 5) is 4.49. The molecular weight excluding hydrogens is 196 g/mol. The molecule has 1 N–H and O–H groups in total. The average molecular weight is 218 g/mol. The van der Waals surface area contributed by atoms with Gasteiger partial charge in [-0.25, -0.2) is 0 Å². The van der Waals surface area contributed by atoms with Crippen molar-refractivity contribution in [3.8, 4) is 0 Å². The van der Waals surface area contributed by atoms with E-state index in [1.807, 2.05) is 6.20 Å². The maximum Gasteiger partial charge on any atom is 0.0575 e. The van der Waals surface area contributed by atoms with Crippen LogP contribution in [0.3, 0.4) is 0 Å². The molecule has 0 amide bonds. The fourth-order valence-corrected chi connectivity index (χ4v) is 2.16. The second-order valence-corrected chi connectivity index (χ2v) is 4.89. The predicted octanol–water partition coefficient (Wildman–Crippen LogP) is 3.23. The van der Waals surface area contributed by atoms with Gasteiger partial charge in [-0.05, 0) is 49.9 Å². The molecular formula is C14H22N2. The Hall–Kier alpha value is -0.890. The van der Waals surface area contributed by atoms with Gasteiger partial charge in [0.05, 0.1) is 5.69 Å². The van der Waals surface area contributed by atoms with E-state index in [1.165, 1.54) is 36.9 Å². The maximum absolute atomic E-state index is 4.49. The Morgan fingerprint density at radius 3 is 2.94 bits per heavy atom. The van der Waals surface area contributed by atoms with Gasteiger partial charge < -0.3 is 5.32 Å². The first-order valence-electron chi connectivity index (χ1n) is 6.45. The van der Waals surface area contributed by atoms with E-state index in [9.17, 15) is 0 Å². The summed E-state index contributed by atoms with van der Waals surface area (Å²) in [5, 5.41) is 3.55. The summed E-state index contributed by atoms with van der Waals surface area (Å²) in [6.45, 7) is 5.32. The van der Waals surface area contributed by atoms with Crippen LogP contribution in [0.15, 0.2) is 18.3 Å². The summed E-state index contributed by atoms with van der Waals surface area (Å²) in [6, 6.07) is 4.72. The van der Waals surface area contributed by atoms with Gasteiger partial charge in [-0.1, -0.05) is 19.8 Å². The average Bonchev–Trinajstić information content (AvgIpc) is 3.08. The zero-order valence-electron chi connectivity index (χ0n) is 10.4. The Morgan fingerprint density at radius 1 is 1.50 bits per heavy atom. The van der Waals surface area contributed by atoms with E-state index in [-0.39, 0.29) is 0 Å². The number of aryl methyl sites for hydroxylation is 1. The lowest BCUT2D eigenvalue weighted by molar-refractivity contribution is 0.472. The van der Waals surface area contributed by atoms with Crippen molar-refractivity contribution in [2.75, 3.05) is 6.54 Å². The van der Waals surface area contributed by atoms with Crippen molar-refractivity contribution in [2.24, 2.45) is 5.92 Å². The Bertz CT molecular complexity index is 331. The van der Waals surface area contributed by atoms with Crippen molar-refractivity contribution in [3.63, 3.8) is 0 Å². The van der Waals surface area contributed by atoms with Gasteiger partial charge in [-0.3, -0.25) is 4.98 Å². The topological polar surface area (TPSA) is 24.9 Å². The molecule has 0 aliphatic heterocycles. The molecule has 2 heteroatoms. The van der Waals surface area contributed by atoms with Crippen molar-refractivity contribution < 1.29 is 0 Å². The zero-order chi connectivity index (χ0) is 11.4. The van der Waals surface area contributed by atoms with E-state index in [1.54, 1.807) is 0 Å². The Morgan fingerprint density at radius 2 is 2.31 bits per heavy atom. The normalized spacial score (nSPS) is 17.4. The SMILES string of the molecule is CCNC(CCC1CC1)c1cc(C)ccn1.